The van der Waals surface area contributed by atoms with E-state index in [9.17, 15) is 4.79 Å². The minimum atomic E-state index is -0.0794. The van der Waals surface area contributed by atoms with Crippen LogP contribution >= 0.6 is 11.3 Å². The van der Waals surface area contributed by atoms with Crippen molar-refractivity contribution in [2.24, 2.45) is 0 Å². The molecule has 2 aromatic heterocycles. The van der Waals surface area contributed by atoms with Crippen molar-refractivity contribution in [2.45, 2.75) is 33.6 Å². The van der Waals surface area contributed by atoms with Crippen LogP contribution in [0.2, 0.25) is 0 Å². The molecule has 5 heteroatoms. The Kier molecular flexibility index (Phi) is 4.04. The zero-order valence-corrected chi connectivity index (χ0v) is 12.4. The number of pyridine rings is 1. The maximum Gasteiger partial charge on any atom is 0.263 e. The lowest BCUT2D eigenvalue weighted by atomic mass is 10.2. The smallest absolute Gasteiger partial charge is 0.263 e. The number of amides is 1. The van der Waals surface area contributed by atoms with Crippen LogP contribution in [-0.4, -0.2) is 17.4 Å². The lowest BCUT2D eigenvalue weighted by Crippen LogP contribution is -2.24. The minimum Gasteiger partial charge on any atom is -0.397 e. The Bertz CT molecular complexity index is 619. The molecule has 0 fully saturated rings. The number of rotatable bonds is 4. The Morgan fingerprint density at radius 2 is 2.21 bits per heavy atom. The van der Waals surface area contributed by atoms with Crippen molar-refractivity contribution in [2.75, 3.05) is 12.3 Å². The summed E-state index contributed by atoms with van der Waals surface area (Å²) in [5.41, 5.74) is 8.49. The molecule has 4 nitrogen and oxygen atoms in total. The molecule has 2 heterocycles. The Morgan fingerprint density at radius 1 is 1.47 bits per heavy atom. The Balaban J connectivity index is 2.37. The van der Waals surface area contributed by atoms with Crippen LogP contribution in [0.4, 0.5) is 5.69 Å². The van der Waals surface area contributed by atoms with Crippen LogP contribution in [0.1, 0.15) is 40.8 Å². The van der Waals surface area contributed by atoms with Gasteiger partial charge in [0.1, 0.15) is 4.88 Å². The summed E-state index contributed by atoms with van der Waals surface area (Å²) in [5, 5.41) is 3.82. The number of anilines is 1. The van der Waals surface area contributed by atoms with Crippen molar-refractivity contribution < 1.29 is 4.79 Å². The summed E-state index contributed by atoms with van der Waals surface area (Å²) in [5.74, 6) is -0.0794. The van der Waals surface area contributed by atoms with Crippen molar-refractivity contribution in [3.63, 3.8) is 0 Å². The van der Waals surface area contributed by atoms with Gasteiger partial charge in [-0.1, -0.05) is 13.3 Å². The lowest BCUT2D eigenvalue weighted by molar-refractivity contribution is 0.0958. The second-order valence-electron chi connectivity index (χ2n) is 4.68. The van der Waals surface area contributed by atoms with E-state index in [0.29, 0.717) is 17.1 Å². The molecule has 0 aliphatic rings. The van der Waals surface area contributed by atoms with Crippen LogP contribution in [-0.2, 0) is 0 Å². The Morgan fingerprint density at radius 3 is 2.89 bits per heavy atom. The second-order valence-corrected chi connectivity index (χ2v) is 5.73. The summed E-state index contributed by atoms with van der Waals surface area (Å²) < 4.78 is 1.03. The number of aromatic nitrogens is 1. The quantitative estimate of drug-likeness (QED) is 0.844. The standard InChI is InChI=1S/C14H19N3OS/c1-4-5-6-16-14(18)13-12(15)11-9(3)17-8(2)7-10(11)19-13/h7H,4-6,15H2,1-3H3,(H,16,18). The van der Waals surface area contributed by atoms with Crippen LogP contribution < -0.4 is 11.1 Å². The third kappa shape index (κ3) is 2.71. The summed E-state index contributed by atoms with van der Waals surface area (Å²) >= 11 is 1.44. The maximum atomic E-state index is 12.1. The number of hydrogen-bond acceptors (Lipinski definition) is 4. The first-order chi connectivity index (χ1) is 9.04. The molecule has 0 aromatic carbocycles. The normalized spacial score (nSPS) is 10.9. The molecule has 3 N–H and O–H groups in total. The first-order valence-corrected chi connectivity index (χ1v) is 7.30. The Labute approximate surface area is 117 Å². The van der Waals surface area contributed by atoms with Crippen LogP contribution in [0, 0.1) is 13.8 Å². The molecule has 1 amide bonds. The van der Waals surface area contributed by atoms with Crippen LogP contribution in [0.25, 0.3) is 10.1 Å². The molecule has 0 bridgehead atoms. The fourth-order valence-electron chi connectivity index (χ4n) is 2.11. The lowest BCUT2D eigenvalue weighted by Gasteiger charge is -2.03. The van der Waals surface area contributed by atoms with Crippen molar-refractivity contribution >= 4 is 33.0 Å². The predicted octanol–water partition coefficient (Wildman–Crippen LogP) is 3.03. The van der Waals surface area contributed by atoms with E-state index in [2.05, 4.69) is 17.2 Å². The number of nitrogens with one attached hydrogen (secondary N) is 1. The number of nitrogens with two attached hydrogens (primary N) is 1. The van der Waals surface area contributed by atoms with E-state index >= 15 is 0 Å². The van der Waals surface area contributed by atoms with Gasteiger partial charge in [-0.3, -0.25) is 9.78 Å². The van der Waals surface area contributed by atoms with Gasteiger partial charge in [0.25, 0.3) is 5.91 Å². The number of nitrogen functional groups attached to an aromatic ring is 1. The van der Waals surface area contributed by atoms with Crippen LogP contribution in [0.15, 0.2) is 6.07 Å². The first kappa shape index (κ1) is 13.8. The molecule has 0 aliphatic heterocycles. The zero-order valence-electron chi connectivity index (χ0n) is 11.5. The minimum absolute atomic E-state index is 0.0794. The number of nitrogens with zero attached hydrogens (tertiary/aromatic N) is 1. The van der Waals surface area contributed by atoms with E-state index in [1.165, 1.54) is 11.3 Å². The molecule has 2 rings (SSSR count). The molecule has 2 aromatic rings. The number of aryl methyl sites for hydroxylation is 2. The second kappa shape index (κ2) is 5.57. The van der Waals surface area contributed by atoms with Gasteiger partial charge in [0.2, 0.25) is 0 Å². The van der Waals surface area contributed by atoms with E-state index in [0.717, 1.165) is 34.3 Å². The van der Waals surface area contributed by atoms with Crippen molar-refractivity contribution in [3.8, 4) is 0 Å². The summed E-state index contributed by atoms with van der Waals surface area (Å²) in [7, 11) is 0. The molecule has 0 unspecified atom stereocenters. The maximum absolute atomic E-state index is 12.1. The highest BCUT2D eigenvalue weighted by Gasteiger charge is 2.18. The molecular formula is C14H19N3OS. The van der Waals surface area contributed by atoms with Crippen molar-refractivity contribution in [1.82, 2.24) is 10.3 Å². The number of carbonyl (C=O) groups is 1. The predicted molar refractivity (Wildman–Crippen MR) is 80.7 cm³/mol. The van der Waals surface area contributed by atoms with E-state index in [1.807, 2.05) is 19.9 Å². The first-order valence-electron chi connectivity index (χ1n) is 6.49. The molecule has 19 heavy (non-hydrogen) atoms. The van der Waals surface area contributed by atoms with E-state index in [-0.39, 0.29) is 5.91 Å². The van der Waals surface area contributed by atoms with Gasteiger partial charge in [0.15, 0.2) is 0 Å². The third-order valence-electron chi connectivity index (χ3n) is 3.04. The number of thiophene rings is 1. The van der Waals surface area contributed by atoms with Gasteiger partial charge in [-0.25, -0.2) is 0 Å². The molecule has 0 saturated heterocycles. The van der Waals surface area contributed by atoms with Gasteiger partial charge >= 0.3 is 0 Å². The average Bonchev–Trinajstić information content (AvgIpc) is 2.66. The van der Waals surface area contributed by atoms with Gasteiger partial charge in [-0.2, -0.15) is 0 Å². The fourth-order valence-corrected chi connectivity index (χ4v) is 3.29. The molecular weight excluding hydrogens is 258 g/mol. The monoisotopic (exact) mass is 277 g/mol. The van der Waals surface area contributed by atoms with E-state index in [4.69, 9.17) is 5.73 Å². The number of hydrogen-bond donors (Lipinski definition) is 2. The fraction of sp³-hybridized carbons (Fsp3) is 0.429. The Hall–Kier alpha value is -1.62. The van der Waals surface area contributed by atoms with Gasteiger partial charge in [0, 0.05) is 28.0 Å². The SMILES string of the molecule is CCCCNC(=O)c1sc2cc(C)nc(C)c2c1N. The highest BCUT2D eigenvalue weighted by atomic mass is 32.1. The topological polar surface area (TPSA) is 68.0 Å². The molecule has 0 aliphatic carbocycles. The zero-order chi connectivity index (χ0) is 14.0. The molecule has 0 radical (unpaired) electrons. The highest BCUT2D eigenvalue weighted by molar-refractivity contribution is 7.21. The summed E-state index contributed by atoms with van der Waals surface area (Å²) in [4.78, 5) is 17.1. The van der Waals surface area contributed by atoms with Crippen LogP contribution in [0.3, 0.4) is 0 Å². The highest BCUT2D eigenvalue weighted by Crippen LogP contribution is 2.35. The van der Waals surface area contributed by atoms with Gasteiger partial charge in [-0.05, 0) is 26.3 Å². The largest absolute Gasteiger partial charge is 0.397 e. The van der Waals surface area contributed by atoms with E-state index in [1.54, 1.807) is 0 Å². The molecule has 0 saturated carbocycles. The van der Waals surface area contributed by atoms with Crippen molar-refractivity contribution in [1.29, 1.82) is 0 Å². The number of unbranched alkanes of at least 4 members (excludes halogenated alkanes) is 1. The number of carbonyl (C=O) groups excluding carboxylic acids is 1. The van der Waals surface area contributed by atoms with Crippen molar-refractivity contribution in [3.05, 3.63) is 22.3 Å². The van der Waals surface area contributed by atoms with Gasteiger partial charge in [0.05, 0.1) is 5.69 Å². The molecule has 0 spiro atoms. The van der Waals surface area contributed by atoms with E-state index < -0.39 is 0 Å². The van der Waals surface area contributed by atoms with Crippen LogP contribution in [0.5, 0.6) is 0 Å². The number of fused-ring (bicyclic) bond motifs is 1. The third-order valence-corrected chi connectivity index (χ3v) is 4.19. The van der Waals surface area contributed by atoms with Gasteiger partial charge < -0.3 is 11.1 Å². The van der Waals surface area contributed by atoms with Gasteiger partial charge in [-0.15, -0.1) is 11.3 Å². The summed E-state index contributed by atoms with van der Waals surface area (Å²) in [6.45, 7) is 6.66. The molecule has 102 valence electrons. The summed E-state index contributed by atoms with van der Waals surface area (Å²) in [6.07, 6.45) is 2.04. The molecule has 0 atom stereocenters. The summed E-state index contributed by atoms with van der Waals surface area (Å²) in [6, 6.07) is 1.98. The average molecular weight is 277 g/mol.